The number of nitrogens with zero attached hydrogens (tertiary/aromatic N) is 1. The van der Waals surface area contributed by atoms with Crippen molar-refractivity contribution in [2.75, 3.05) is 0 Å². The van der Waals surface area contributed by atoms with Crippen LogP contribution in [0.3, 0.4) is 0 Å². The van der Waals surface area contributed by atoms with Gasteiger partial charge >= 0.3 is 23.1 Å². The first-order valence-corrected chi connectivity index (χ1v) is 4.27. The smallest absolute Gasteiger partial charge is 1.00 e. The van der Waals surface area contributed by atoms with Crippen molar-refractivity contribution in [1.82, 2.24) is 0 Å². The van der Waals surface area contributed by atoms with Crippen LogP contribution in [0.5, 0.6) is 0 Å². The molecule has 2 aromatic carbocycles. The third kappa shape index (κ3) is 4.69. The Morgan fingerprint density at radius 1 is 0.600 bits per heavy atom. The molecular weight excluding hydrogens is 262 g/mol. The average Bonchev–Trinajstić information content (AvgIpc) is 2.21. The van der Waals surface area contributed by atoms with Crippen LogP contribution in [0.2, 0.25) is 0 Å². The van der Waals surface area contributed by atoms with E-state index in [2.05, 4.69) is 5.32 Å². The summed E-state index contributed by atoms with van der Waals surface area (Å²) in [6, 6.07) is 19.9. The van der Waals surface area contributed by atoms with Gasteiger partial charge in [0.2, 0.25) is 0 Å². The van der Waals surface area contributed by atoms with Gasteiger partial charge in [0.25, 0.3) is 0 Å². The molecule has 0 fully saturated rings. The normalized spacial score (nSPS) is 8.27. The van der Waals surface area contributed by atoms with Gasteiger partial charge in [-0.25, -0.2) is 0 Å². The predicted molar refractivity (Wildman–Crippen MR) is 61.3 cm³/mol. The number of para-hydroxylation sites is 2. The Hall–Kier alpha value is -0.514. The number of hydrogen-bond acceptors (Lipinski definition) is 0. The molecule has 1 nitrogen and oxygen atoms in total. The summed E-state index contributed by atoms with van der Waals surface area (Å²) in [6.07, 6.45) is 0. The number of halogens is 1. The molecule has 0 aliphatic heterocycles. The van der Waals surface area contributed by atoms with E-state index in [0.717, 1.165) is 11.4 Å². The van der Waals surface area contributed by atoms with Crippen molar-refractivity contribution >= 4 is 34.4 Å². The molecule has 0 bridgehead atoms. The zero-order valence-corrected chi connectivity index (χ0v) is 11.3. The summed E-state index contributed by atoms with van der Waals surface area (Å²) in [5.74, 6) is 0. The summed E-state index contributed by atoms with van der Waals surface area (Å²) in [5, 5.41) is 4.44. The summed E-state index contributed by atoms with van der Waals surface area (Å²) in [6.45, 7) is 0. The quantitative estimate of drug-likeness (QED) is 0.713. The fraction of sp³-hybridized carbons (Fsp3) is 0. The minimum atomic E-state index is 0. The molecular formula is C12H10BrMgN. The first kappa shape index (κ1) is 14.5. The number of benzene rings is 2. The fourth-order valence-electron chi connectivity index (χ4n) is 1.15. The zero-order valence-electron chi connectivity index (χ0n) is 8.31. The summed E-state index contributed by atoms with van der Waals surface area (Å²) >= 11 is 0. The minimum absolute atomic E-state index is 0. The van der Waals surface area contributed by atoms with E-state index in [1.807, 2.05) is 60.7 Å². The van der Waals surface area contributed by atoms with Gasteiger partial charge in [0.1, 0.15) is 0 Å². The van der Waals surface area contributed by atoms with E-state index in [-0.39, 0.29) is 40.0 Å². The topological polar surface area (TPSA) is 14.1 Å². The van der Waals surface area contributed by atoms with E-state index >= 15 is 0 Å². The van der Waals surface area contributed by atoms with E-state index in [4.69, 9.17) is 0 Å². The molecule has 72 valence electrons. The van der Waals surface area contributed by atoms with Gasteiger partial charge in [-0.2, -0.15) is 0 Å². The fourth-order valence-corrected chi connectivity index (χ4v) is 1.15. The Morgan fingerprint density at radius 3 is 1.27 bits per heavy atom. The van der Waals surface area contributed by atoms with Crippen molar-refractivity contribution < 1.29 is 17.0 Å². The van der Waals surface area contributed by atoms with Gasteiger partial charge in [-0.15, -0.1) is 11.4 Å². The maximum absolute atomic E-state index is 4.44. The molecule has 0 heterocycles. The Bertz CT molecular complexity index is 326. The zero-order chi connectivity index (χ0) is 8.93. The average molecular weight is 272 g/mol. The van der Waals surface area contributed by atoms with E-state index in [9.17, 15) is 0 Å². The third-order valence-electron chi connectivity index (χ3n) is 1.77. The summed E-state index contributed by atoms with van der Waals surface area (Å²) in [5.41, 5.74) is 1.99. The molecule has 0 spiro atoms. The SMILES string of the molecule is [Br-].[Mg+2].c1ccc([N-]c2ccccc2)cc1. The second-order valence-corrected chi connectivity index (χ2v) is 2.78. The van der Waals surface area contributed by atoms with Crippen molar-refractivity contribution in [2.45, 2.75) is 0 Å². The molecule has 15 heavy (non-hydrogen) atoms. The predicted octanol–water partition coefficient (Wildman–Crippen LogP) is 0.647. The van der Waals surface area contributed by atoms with E-state index < -0.39 is 0 Å². The summed E-state index contributed by atoms with van der Waals surface area (Å²) in [4.78, 5) is 0. The molecule has 0 unspecified atom stereocenters. The standard InChI is InChI=1S/C12H10N.BrH.Mg/c1-3-7-11(8-4-1)13-12-9-5-2-6-10-12;;/h1-10H;1H;/q-1;;+2/p-1. The van der Waals surface area contributed by atoms with Gasteiger partial charge in [0.05, 0.1) is 0 Å². The Balaban J connectivity index is 0.000000980. The van der Waals surface area contributed by atoms with Gasteiger partial charge in [-0.05, 0) is 0 Å². The van der Waals surface area contributed by atoms with Crippen LogP contribution < -0.4 is 17.0 Å². The maximum atomic E-state index is 4.44. The molecule has 0 aromatic heterocycles. The summed E-state index contributed by atoms with van der Waals surface area (Å²) in [7, 11) is 0. The van der Waals surface area contributed by atoms with Crippen LogP contribution in [0, 0.1) is 0 Å². The van der Waals surface area contributed by atoms with Gasteiger partial charge in [0, 0.05) is 0 Å². The van der Waals surface area contributed by atoms with Crippen LogP contribution in [-0.4, -0.2) is 23.1 Å². The van der Waals surface area contributed by atoms with Crippen molar-refractivity contribution in [3.8, 4) is 0 Å². The molecule has 0 amide bonds. The third-order valence-corrected chi connectivity index (χ3v) is 1.77. The van der Waals surface area contributed by atoms with Crippen molar-refractivity contribution in [1.29, 1.82) is 0 Å². The van der Waals surface area contributed by atoms with Crippen LogP contribution >= 0.6 is 0 Å². The monoisotopic (exact) mass is 271 g/mol. The van der Waals surface area contributed by atoms with Gasteiger partial charge < -0.3 is 22.3 Å². The number of hydrogen-bond donors (Lipinski definition) is 0. The molecule has 0 atom stereocenters. The molecule has 3 heteroatoms. The molecule has 0 aliphatic rings. The largest absolute Gasteiger partial charge is 2.00 e. The van der Waals surface area contributed by atoms with E-state index in [1.165, 1.54) is 0 Å². The molecule has 2 aromatic rings. The van der Waals surface area contributed by atoms with E-state index in [1.54, 1.807) is 0 Å². The molecule has 0 saturated heterocycles. The van der Waals surface area contributed by atoms with Crippen LogP contribution in [0.1, 0.15) is 0 Å². The van der Waals surface area contributed by atoms with Crippen molar-refractivity contribution in [3.63, 3.8) is 0 Å². The van der Waals surface area contributed by atoms with Gasteiger partial charge in [-0.3, -0.25) is 0 Å². The van der Waals surface area contributed by atoms with Crippen molar-refractivity contribution in [3.05, 3.63) is 66.0 Å². The summed E-state index contributed by atoms with van der Waals surface area (Å²) < 4.78 is 0. The van der Waals surface area contributed by atoms with Crippen LogP contribution in [0.15, 0.2) is 60.7 Å². The van der Waals surface area contributed by atoms with E-state index in [0.29, 0.717) is 0 Å². The van der Waals surface area contributed by atoms with Gasteiger partial charge in [-0.1, -0.05) is 60.7 Å². The second-order valence-electron chi connectivity index (χ2n) is 2.78. The molecule has 0 radical (unpaired) electrons. The maximum Gasteiger partial charge on any atom is 2.00 e. The first-order chi connectivity index (χ1) is 6.45. The molecule has 0 saturated carbocycles. The Labute approximate surface area is 117 Å². The Morgan fingerprint density at radius 2 is 0.933 bits per heavy atom. The molecule has 0 N–H and O–H groups in total. The van der Waals surface area contributed by atoms with Crippen LogP contribution in [-0.2, 0) is 0 Å². The first-order valence-electron chi connectivity index (χ1n) is 4.27. The second kappa shape index (κ2) is 7.74. The van der Waals surface area contributed by atoms with Crippen LogP contribution in [0.25, 0.3) is 5.32 Å². The van der Waals surface area contributed by atoms with Crippen molar-refractivity contribution in [2.24, 2.45) is 0 Å². The minimum Gasteiger partial charge on any atom is -1.00 e. The molecule has 2 rings (SSSR count). The number of rotatable bonds is 2. The van der Waals surface area contributed by atoms with Crippen LogP contribution in [0.4, 0.5) is 11.4 Å². The van der Waals surface area contributed by atoms with Gasteiger partial charge in [0.15, 0.2) is 0 Å². The Kier molecular flexibility index (Phi) is 7.47. The molecule has 0 aliphatic carbocycles.